The molecular formula is C74H108N12O17. The van der Waals surface area contributed by atoms with Crippen LogP contribution in [0.15, 0.2) is 127 Å². The number of nitrogens with zero attached hydrogens (tertiary/aromatic N) is 1. The molecule has 29 nitrogen and oxygen atoms in total. The average Bonchev–Trinajstić information content (AvgIpc) is 0.888. The van der Waals surface area contributed by atoms with Crippen molar-refractivity contribution in [3.63, 3.8) is 0 Å². The van der Waals surface area contributed by atoms with Crippen molar-refractivity contribution in [1.29, 1.82) is 0 Å². The highest BCUT2D eigenvalue weighted by atomic mass is 16.5. The highest BCUT2D eigenvalue weighted by Gasteiger charge is 2.16. The number of aryl methyl sites for hydroxylation is 2. The lowest BCUT2D eigenvalue weighted by atomic mass is 9.86. The number of rotatable bonds is 32. The number of urea groups is 5. The summed E-state index contributed by atoms with van der Waals surface area (Å²) in [6, 6.07) is 39.4. The summed E-state index contributed by atoms with van der Waals surface area (Å²) in [5, 5.41) is 28.8. The van der Waals surface area contributed by atoms with E-state index < -0.39 is 35.9 Å². The summed E-state index contributed by atoms with van der Waals surface area (Å²) in [7, 11) is 0. The Hall–Kier alpha value is -10.7. The van der Waals surface area contributed by atoms with Crippen molar-refractivity contribution in [3.05, 3.63) is 166 Å². The van der Waals surface area contributed by atoms with Crippen molar-refractivity contribution in [2.45, 2.75) is 101 Å². The summed E-state index contributed by atoms with van der Waals surface area (Å²) in [6.45, 7) is 27.5. The molecule has 29 heteroatoms. The number of ether oxygens (including phenoxy) is 7. The topological polar surface area (TPSA) is 371 Å². The second-order valence-corrected chi connectivity index (χ2v) is 23.2. The molecule has 0 aromatic heterocycles. The van der Waals surface area contributed by atoms with Gasteiger partial charge < -0.3 is 91.6 Å². The molecule has 6 rings (SSSR count). The van der Waals surface area contributed by atoms with E-state index >= 15 is 0 Å². The highest BCUT2D eigenvalue weighted by molar-refractivity contribution is 5.83. The number of amides is 10. The molecule has 1 fully saturated rings. The van der Waals surface area contributed by atoms with Crippen LogP contribution in [0.4, 0.5) is 29.7 Å². The van der Waals surface area contributed by atoms with E-state index in [0.717, 1.165) is 78.5 Å². The number of carbonyl (C=O) groups is 10. The molecule has 0 saturated carbocycles. The van der Waals surface area contributed by atoms with Gasteiger partial charge >= 0.3 is 60.0 Å². The predicted octanol–water partition coefficient (Wildman–Crippen LogP) is 6.82. The van der Waals surface area contributed by atoms with Crippen molar-refractivity contribution >= 4 is 65.7 Å². The van der Waals surface area contributed by atoms with Gasteiger partial charge in [-0.15, -0.1) is 0 Å². The largest absolute Gasteiger partial charge is 0.492 e. The van der Waals surface area contributed by atoms with Gasteiger partial charge in [-0.2, -0.15) is 0 Å². The van der Waals surface area contributed by atoms with Crippen LogP contribution in [0, 0.1) is 13.8 Å². The minimum Gasteiger partial charge on any atom is -0.492 e. The van der Waals surface area contributed by atoms with Gasteiger partial charge in [0.2, 0.25) is 0 Å². The molecule has 0 atom stereocenters. The maximum Gasteiger partial charge on any atom is 0.325 e. The van der Waals surface area contributed by atoms with Crippen LogP contribution in [0.2, 0.25) is 0 Å². The Morgan fingerprint density at radius 3 is 1.31 bits per heavy atom. The quantitative estimate of drug-likeness (QED) is 0.0119. The molecule has 0 radical (unpaired) electrons. The molecule has 5 aromatic rings. The maximum absolute atomic E-state index is 11.8. The summed E-state index contributed by atoms with van der Waals surface area (Å²) < 4.78 is 34.8. The molecule has 1 saturated heterocycles. The summed E-state index contributed by atoms with van der Waals surface area (Å²) in [4.78, 5) is 115. The van der Waals surface area contributed by atoms with Crippen molar-refractivity contribution in [1.82, 2.24) is 58.1 Å². The molecule has 0 bridgehead atoms. The third-order valence-electron chi connectivity index (χ3n) is 13.8. The van der Waals surface area contributed by atoms with Crippen molar-refractivity contribution < 1.29 is 81.1 Å². The van der Waals surface area contributed by atoms with Gasteiger partial charge in [-0.25, -0.2) is 24.0 Å². The van der Waals surface area contributed by atoms with Crippen molar-refractivity contribution in [2.75, 3.05) is 130 Å². The van der Waals surface area contributed by atoms with E-state index in [1.165, 1.54) is 11.1 Å². The fourth-order valence-corrected chi connectivity index (χ4v) is 8.56. The molecule has 103 heavy (non-hydrogen) atoms. The normalized spacial score (nSPS) is 11.1. The van der Waals surface area contributed by atoms with Crippen LogP contribution in [0.1, 0.15) is 94.3 Å². The van der Waals surface area contributed by atoms with Crippen LogP contribution in [0.5, 0.6) is 5.75 Å². The van der Waals surface area contributed by atoms with E-state index in [9.17, 15) is 47.9 Å². The lowest BCUT2D eigenvalue weighted by molar-refractivity contribution is -0.142. The Morgan fingerprint density at radius 2 is 0.845 bits per heavy atom. The lowest BCUT2D eigenvalue weighted by Crippen LogP contribution is -2.40. The van der Waals surface area contributed by atoms with E-state index in [1.54, 1.807) is 34.6 Å². The number of hydrogen-bond donors (Lipinski definition) is 11. The standard InChI is InChI=1S/C18H27N3O5.C16H24N2O3.C14H20N2O3.C13H19N3O3.C13H18N2O3/c1-2-25-17(22)14-20-18(23)19-13-15-5-3-4-6-16(15)26-12-9-21-7-10-24-11-8-21;1-5-21-14(19)11-18-15(20)17-10-12-7-6-8-13(9-12)16(2,3)4;1-3-19-13(17)10-16-14(18)15-9-8-12-6-4-11(2)5-7-12;1-2-19-12(17)10-16-13(18)15-9-8-14-11-6-4-3-5-7-11;1-3-18-12(16)9-15-13(17)14-8-11-6-4-5-10(2)7-11/h3-6H,2,7-14H2,1H3,(H2,19,20,23);6-9H,5,10-11H2,1-4H3,(H2,17,18,20);4-7H,3,8-10H2,1-2H3,(H2,15,16,18);3-7,14H,2,8-10H2,1H3,(H2,15,16,18);4-7H,3,8-9H2,1-2H3,(H2,14,15,17). The number of nitrogens with one attached hydrogen (secondary N) is 11. The molecule has 1 heterocycles. The van der Waals surface area contributed by atoms with Gasteiger partial charge in [-0.05, 0) is 101 Å². The number of para-hydroxylation sites is 2. The van der Waals surface area contributed by atoms with Gasteiger partial charge in [0.05, 0.1) is 46.2 Å². The van der Waals surface area contributed by atoms with Gasteiger partial charge in [0.15, 0.2) is 0 Å². The first kappa shape index (κ1) is 88.4. The number of morpholine rings is 1. The average molecular weight is 1440 g/mol. The van der Waals surface area contributed by atoms with Crippen molar-refractivity contribution in [3.8, 4) is 5.75 Å². The second kappa shape index (κ2) is 54.1. The fourth-order valence-electron chi connectivity index (χ4n) is 8.56. The third-order valence-corrected chi connectivity index (χ3v) is 13.8. The minimum atomic E-state index is -0.463. The molecule has 1 aliphatic heterocycles. The summed E-state index contributed by atoms with van der Waals surface area (Å²) in [5.41, 5.74) is 8.71. The molecule has 5 aromatic carbocycles. The Balaban J connectivity index is 0.000000441. The minimum absolute atomic E-state index is 0.0716. The van der Waals surface area contributed by atoms with E-state index in [0.29, 0.717) is 72.3 Å². The SMILES string of the molecule is CCOC(=O)CNC(=O)NCCNc1ccccc1.CCOC(=O)CNC(=O)NCCc1ccc(C)cc1.CCOC(=O)CNC(=O)NCc1cccc(C(C)(C)C)c1.CCOC(=O)CNC(=O)NCc1cccc(C)c1.CCOC(=O)CNC(=O)NCc1ccccc1OCCN1CCOCC1. The molecule has 1 aliphatic rings. The summed E-state index contributed by atoms with van der Waals surface area (Å²) in [6.07, 6.45) is 0.757. The summed E-state index contributed by atoms with van der Waals surface area (Å²) in [5.74, 6) is -1.48. The van der Waals surface area contributed by atoms with Gasteiger partial charge in [0, 0.05) is 70.2 Å². The van der Waals surface area contributed by atoms with E-state index in [-0.39, 0.29) is 68.9 Å². The number of esters is 5. The number of hydrogen-bond acceptors (Lipinski definition) is 19. The Bertz CT molecular complexity index is 3300. The summed E-state index contributed by atoms with van der Waals surface area (Å²) >= 11 is 0. The lowest BCUT2D eigenvalue weighted by Gasteiger charge is -2.26. The zero-order valence-corrected chi connectivity index (χ0v) is 61.3. The molecular weight excluding hydrogens is 1330 g/mol. The molecule has 0 unspecified atom stereocenters. The first-order chi connectivity index (χ1) is 49.5. The van der Waals surface area contributed by atoms with Crippen LogP contribution >= 0.6 is 0 Å². The third kappa shape index (κ3) is 45.7. The maximum atomic E-state index is 11.8. The number of carbonyl (C=O) groups excluding carboxylic acids is 10. The fraction of sp³-hybridized carbons (Fsp3) is 0.459. The number of benzene rings is 5. The van der Waals surface area contributed by atoms with E-state index in [1.807, 2.05) is 129 Å². The molecule has 10 amide bonds. The molecule has 0 spiro atoms. The van der Waals surface area contributed by atoms with Gasteiger partial charge in [0.1, 0.15) is 45.1 Å². The Morgan fingerprint density at radius 1 is 0.417 bits per heavy atom. The van der Waals surface area contributed by atoms with Crippen molar-refractivity contribution in [2.24, 2.45) is 0 Å². The molecule has 11 N–H and O–H groups in total. The smallest absolute Gasteiger partial charge is 0.325 e. The zero-order valence-electron chi connectivity index (χ0n) is 61.3. The number of anilines is 1. The Kier molecular flexibility index (Phi) is 46.5. The van der Waals surface area contributed by atoms with Gasteiger partial charge in [0.25, 0.3) is 0 Å². The van der Waals surface area contributed by atoms with Gasteiger partial charge in [-0.3, -0.25) is 28.9 Å². The van der Waals surface area contributed by atoms with Crippen LogP contribution < -0.4 is 63.2 Å². The molecule has 0 aliphatic carbocycles. The van der Waals surface area contributed by atoms with Gasteiger partial charge in [-0.1, -0.05) is 141 Å². The van der Waals surface area contributed by atoms with Crippen LogP contribution in [-0.4, -0.2) is 190 Å². The first-order valence-electron chi connectivity index (χ1n) is 34.3. The van der Waals surface area contributed by atoms with Crippen LogP contribution in [0.25, 0.3) is 0 Å². The second-order valence-electron chi connectivity index (χ2n) is 23.2. The van der Waals surface area contributed by atoms with Crippen LogP contribution in [-0.2, 0) is 83.9 Å². The molecule has 566 valence electrons. The predicted molar refractivity (Wildman–Crippen MR) is 392 cm³/mol. The zero-order chi connectivity index (χ0) is 75.9. The Labute approximate surface area is 605 Å². The van der Waals surface area contributed by atoms with E-state index in [4.69, 9.17) is 23.7 Å². The monoisotopic (exact) mass is 1440 g/mol. The van der Waals surface area contributed by atoms with E-state index in [2.05, 4.69) is 106 Å². The first-order valence-corrected chi connectivity index (χ1v) is 34.3. The highest BCUT2D eigenvalue weighted by Crippen LogP contribution is 2.23. The van der Waals surface area contributed by atoms with Crippen LogP contribution in [0.3, 0.4) is 0 Å².